The first-order chi connectivity index (χ1) is 17.1. The Labute approximate surface area is 210 Å². The first-order valence-electron chi connectivity index (χ1n) is 11.8. The fourth-order valence-electron chi connectivity index (χ4n) is 4.22. The van der Waals surface area contributed by atoms with Gasteiger partial charge in [0, 0.05) is 13.5 Å². The molecule has 1 atom stereocenters. The van der Waals surface area contributed by atoms with E-state index in [0.29, 0.717) is 17.7 Å². The summed E-state index contributed by atoms with van der Waals surface area (Å²) in [4.78, 5) is 28.6. The zero-order valence-corrected chi connectivity index (χ0v) is 21.5. The largest absolute Gasteiger partial charge is 0.465 e. The molecular formula is C28H33F3N2O3. The quantitative estimate of drug-likeness (QED) is 0.456. The highest BCUT2D eigenvalue weighted by molar-refractivity contribution is 5.89. The number of allylic oxidation sites excluding steroid dienone is 2. The molecule has 3 rings (SSSR count). The van der Waals surface area contributed by atoms with Crippen molar-refractivity contribution < 1.29 is 27.5 Å². The van der Waals surface area contributed by atoms with Crippen LogP contribution in [-0.4, -0.2) is 41.9 Å². The molecule has 0 saturated carbocycles. The summed E-state index contributed by atoms with van der Waals surface area (Å²) in [6, 6.07) is 11.4. The van der Waals surface area contributed by atoms with Crippen molar-refractivity contribution in [1.82, 2.24) is 9.80 Å². The lowest BCUT2D eigenvalue weighted by Gasteiger charge is -2.43. The lowest BCUT2D eigenvalue weighted by atomic mass is 9.97. The monoisotopic (exact) mass is 502 g/mol. The van der Waals surface area contributed by atoms with Crippen LogP contribution in [0.2, 0.25) is 0 Å². The van der Waals surface area contributed by atoms with Gasteiger partial charge in [0.1, 0.15) is 6.04 Å². The first kappa shape index (κ1) is 28.7. The molecule has 5 nitrogen and oxygen atoms in total. The van der Waals surface area contributed by atoms with Gasteiger partial charge in [0.2, 0.25) is 5.91 Å². The topological polar surface area (TPSA) is 49.9 Å². The van der Waals surface area contributed by atoms with E-state index in [2.05, 4.69) is 0 Å². The normalized spacial score (nSPS) is 18.2. The van der Waals surface area contributed by atoms with E-state index in [1.165, 1.54) is 30.2 Å². The number of ether oxygens (including phenoxy) is 1. The molecule has 0 N–H and O–H groups in total. The smallest absolute Gasteiger partial charge is 0.416 e. The van der Waals surface area contributed by atoms with Crippen LogP contribution in [0.15, 0.2) is 72.1 Å². The average Bonchev–Trinajstić information content (AvgIpc) is 2.88. The molecule has 0 bridgehead atoms. The van der Waals surface area contributed by atoms with Gasteiger partial charge in [0.25, 0.3) is 0 Å². The molecule has 1 fully saturated rings. The van der Waals surface area contributed by atoms with E-state index in [-0.39, 0.29) is 18.0 Å². The van der Waals surface area contributed by atoms with Crippen LogP contribution >= 0.6 is 0 Å². The maximum atomic E-state index is 13.6. The van der Waals surface area contributed by atoms with Gasteiger partial charge in [-0.15, -0.1) is 0 Å². The highest BCUT2D eigenvalue weighted by Crippen LogP contribution is 2.35. The zero-order chi connectivity index (χ0) is 27.0. The number of carbonyl (C=O) groups excluding carboxylic acids is 2. The molecule has 194 valence electrons. The van der Waals surface area contributed by atoms with E-state index >= 15 is 0 Å². The van der Waals surface area contributed by atoms with E-state index in [1.54, 1.807) is 44.3 Å². The van der Waals surface area contributed by atoms with Gasteiger partial charge in [-0.25, -0.2) is 4.79 Å². The Morgan fingerprint density at radius 3 is 2.11 bits per heavy atom. The number of piperazine rings is 1. The van der Waals surface area contributed by atoms with Gasteiger partial charge in [0.15, 0.2) is 0 Å². The third-order valence-electron chi connectivity index (χ3n) is 5.95. The predicted octanol–water partition coefficient (Wildman–Crippen LogP) is 6.21. The van der Waals surface area contributed by atoms with Crippen molar-refractivity contribution in [1.29, 1.82) is 0 Å². The molecule has 36 heavy (non-hydrogen) atoms. The van der Waals surface area contributed by atoms with Crippen LogP contribution in [0.1, 0.15) is 54.7 Å². The predicted molar refractivity (Wildman–Crippen MR) is 134 cm³/mol. The molecule has 0 radical (unpaired) electrons. The summed E-state index contributed by atoms with van der Waals surface area (Å²) in [6.07, 6.45) is -0.617. The molecule has 0 aromatic heterocycles. The number of alkyl halides is 3. The summed E-state index contributed by atoms with van der Waals surface area (Å²) in [5.74, 6) is -0.754. The van der Waals surface area contributed by atoms with Crippen LogP contribution in [0.5, 0.6) is 0 Å². The third-order valence-corrected chi connectivity index (χ3v) is 5.95. The van der Waals surface area contributed by atoms with Crippen molar-refractivity contribution in [3.63, 3.8) is 0 Å². The number of carbonyl (C=O) groups is 2. The van der Waals surface area contributed by atoms with Crippen LogP contribution in [0, 0.1) is 0 Å². The summed E-state index contributed by atoms with van der Waals surface area (Å²) in [7, 11) is 3.10. The van der Waals surface area contributed by atoms with Gasteiger partial charge in [0.05, 0.1) is 36.2 Å². The van der Waals surface area contributed by atoms with Gasteiger partial charge in [-0.3, -0.25) is 4.79 Å². The summed E-state index contributed by atoms with van der Waals surface area (Å²) in [6.45, 7) is 7.39. The van der Waals surface area contributed by atoms with Crippen LogP contribution in [-0.2, 0) is 28.7 Å². The Morgan fingerprint density at radius 2 is 1.58 bits per heavy atom. The minimum absolute atomic E-state index is 0.0314. The van der Waals surface area contributed by atoms with E-state index in [0.717, 1.165) is 17.3 Å². The number of rotatable bonds is 5. The number of likely N-dealkylation sites (N-methyl/N-ethyl adjacent to an activating group) is 1. The Hall–Kier alpha value is -3.55. The molecule has 1 saturated heterocycles. The molecule has 1 heterocycles. The number of nitrogens with zero attached hydrogens (tertiary/aromatic N) is 2. The number of benzene rings is 2. The minimum Gasteiger partial charge on any atom is -0.465 e. The Bertz CT molecular complexity index is 1120. The third kappa shape index (κ3) is 6.17. The zero-order valence-electron chi connectivity index (χ0n) is 21.5. The second kappa shape index (κ2) is 12.4. The minimum atomic E-state index is -4.52. The maximum absolute atomic E-state index is 13.6. The average molecular weight is 503 g/mol. The van der Waals surface area contributed by atoms with Crippen LogP contribution in [0.3, 0.4) is 0 Å². The van der Waals surface area contributed by atoms with Crippen molar-refractivity contribution in [2.24, 2.45) is 0 Å². The van der Waals surface area contributed by atoms with Crippen molar-refractivity contribution in [3.8, 4) is 0 Å². The van der Waals surface area contributed by atoms with Crippen LogP contribution in [0.4, 0.5) is 13.2 Å². The fraction of sp³-hybridized carbons (Fsp3) is 0.357. The van der Waals surface area contributed by atoms with Crippen molar-refractivity contribution in [3.05, 3.63) is 94.3 Å². The fourth-order valence-corrected chi connectivity index (χ4v) is 4.22. The summed E-state index contributed by atoms with van der Waals surface area (Å²) >= 11 is 0. The molecule has 8 heteroatoms. The second-order valence-corrected chi connectivity index (χ2v) is 7.95. The Kier molecular flexibility index (Phi) is 9.90. The Balaban J connectivity index is 0.00000222. The number of amides is 1. The second-order valence-electron chi connectivity index (χ2n) is 7.95. The molecule has 1 aliphatic heterocycles. The molecule has 1 amide bonds. The van der Waals surface area contributed by atoms with E-state index < -0.39 is 23.8 Å². The molecular weight excluding hydrogens is 469 g/mol. The lowest BCUT2D eigenvalue weighted by Crippen LogP contribution is -2.53. The highest BCUT2D eigenvalue weighted by Gasteiger charge is 2.40. The number of methoxy groups -OCH3 is 1. The van der Waals surface area contributed by atoms with Crippen molar-refractivity contribution in [2.45, 2.75) is 52.9 Å². The van der Waals surface area contributed by atoms with Gasteiger partial charge in [-0.2, -0.15) is 13.2 Å². The molecule has 1 unspecified atom stereocenters. The Morgan fingerprint density at radius 1 is 1.00 bits per heavy atom. The van der Waals surface area contributed by atoms with Crippen LogP contribution < -0.4 is 0 Å². The molecule has 2 aromatic carbocycles. The highest BCUT2D eigenvalue weighted by atomic mass is 19.4. The van der Waals surface area contributed by atoms with Gasteiger partial charge in [-0.05, 0) is 43.2 Å². The first-order valence-corrected chi connectivity index (χ1v) is 11.8. The van der Waals surface area contributed by atoms with E-state index in [9.17, 15) is 22.8 Å². The van der Waals surface area contributed by atoms with E-state index in [4.69, 9.17) is 4.74 Å². The van der Waals surface area contributed by atoms with Gasteiger partial charge >= 0.3 is 12.1 Å². The molecule has 0 aliphatic carbocycles. The maximum Gasteiger partial charge on any atom is 0.416 e. The number of hydrogen-bond acceptors (Lipinski definition) is 4. The standard InChI is InChI=1S/C26H27F3N2O3.C2H6/c1-5-21-22(6-2)31(16-19-9-7-8-10-20(19)26(27,28)29)24(32)23(30(21)3)15-17-11-13-18(14-12-17)25(33)34-4;1-2/h5-14,23H,15-16H2,1-4H3;1-2H3/b21-5+,22-6+;. The van der Waals surface area contributed by atoms with Crippen LogP contribution in [0.25, 0.3) is 0 Å². The SMILES string of the molecule is C/C=C1\C(=C/C)N(C)C(Cc2ccc(C(=O)OC)cc2)C(=O)N1Cc1ccccc1C(F)(F)F.CC. The van der Waals surface area contributed by atoms with Crippen molar-refractivity contribution in [2.75, 3.05) is 14.2 Å². The number of esters is 1. The van der Waals surface area contributed by atoms with Gasteiger partial charge < -0.3 is 14.5 Å². The lowest BCUT2D eigenvalue weighted by molar-refractivity contribution is -0.141. The summed E-state index contributed by atoms with van der Waals surface area (Å²) in [5, 5.41) is 0. The van der Waals surface area contributed by atoms with E-state index in [1.807, 2.05) is 31.7 Å². The number of halogens is 3. The number of hydrogen-bond donors (Lipinski definition) is 0. The molecule has 2 aromatic rings. The molecule has 0 spiro atoms. The van der Waals surface area contributed by atoms with Crippen molar-refractivity contribution >= 4 is 11.9 Å². The van der Waals surface area contributed by atoms with Gasteiger partial charge in [-0.1, -0.05) is 56.3 Å². The summed E-state index contributed by atoms with van der Waals surface area (Å²) in [5.41, 5.74) is 1.79. The molecule has 1 aliphatic rings. The summed E-state index contributed by atoms with van der Waals surface area (Å²) < 4.78 is 45.5.